The third-order valence-electron chi connectivity index (χ3n) is 5.40. The summed E-state index contributed by atoms with van der Waals surface area (Å²) in [4.78, 5) is 2.68. The minimum Gasteiger partial charge on any atom is -0.468 e. The van der Waals surface area contributed by atoms with Crippen LogP contribution >= 0.6 is 0 Å². The summed E-state index contributed by atoms with van der Waals surface area (Å²) in [5.41, 5.74) is 0.366. The average Bonchev–Trinajstić information content (AvgIpc) is 3.01. The number of nitrogens with one attached hydrogen (secondary N) is 1. The Kier molecular flexibility index (Phi) is 4.18. The molecule has 3 heteroatoms. The van der Waals surface area contributed by atoms with E-state index in [2.05, 4.69) is 30.1 Å². The molecule has 20 heavy (non-hydrogen) atoms. The topological polar surface area (TPSA) is 28.4 Å². The fourth-order valence-corrected chi connectivity index (χ4v) is 4.07. The molecule has 1 aromatic heterocycles. The maximum absolute atomic E-state index is 5.66. The van der Waals surface area contributed by atoms with Crippen LogP contribution in [-0.4, -0.2) is 29.6 Å². The van der Waals surface area contributed by atoms with E-state index in [1.54, 1.807) is 6.26 Å². The Morgan fingerprint density at radius 3 is 2.85 bits per heavy atom. The number of hydrogen-bond acceptors (Lipinski definition) is 3. The minimum absolute atomic E-state index is 0.366. The van der Waals surface area contributed by atoms with Crippen molar-refractivity contribution in [3.8, 4) is 0 Å². The van der Waals surface area contributed by atoms with Gasteiger partial charge in [-0.05, 0) is 38.3 Å². The highest BCUT2D eigenvalue weighted by molar-refractivity contribution is 5.08. The van der Waals surface area contributed by atoms with Crippen molar-refractivity contribution in [1.29, 1.82) is 0 Å². The van der Waals surface area contributed by atoms with Crippen LogP contribution in [-0.2, 0) is 0 Å². The van der Waals surface area contributed by atoms with E-state index < -0.39 is 0 Å². The van der Waals surface area contributed by atoms with Crippen LogP contribution in [0.1, 0.15) is 64.2 Å². The highest BCUT2D eigenvalue weighted by atomic mass is 16.3. The lowest BCUT2D eigenvalue weighted by atomic mass is 9.79. The highest BCUT2D eigenvalue weighted by Gasteiger charge is 2.41. The van der Waals surface area contributed by atoms with Gasteiger partial charge in [0, 0.05) is 24.7 Å². The minimum atomic E-state index is 0.366. The lowest BCUT2D eigenvalue weighted by Gasteiger charge is -2.51. The molecule has 0 bridgehead atoms. The predicted octanol–water partition coefficient (Wildman–Crippen LogP) is 3.73. The lowest BCUT2D eigenvalue weighted by molar-refractivity contribution is 0.0209. The number of rotatable bonds is 3. The zero-order valence-corrected chi connectivity index (χ0v) is 12.9. The van der Waals surface area contributed by atoms with Gasteiger partial charge in [-0.1, -0.05) is 26.2 Å². The van der Waals surface area contributed by atoms with Gasteiger partial charge in [-0.25, -0.2) is 0 Å². The van der Waals surface area contributed by atoms with Crippen molar-refractivity contribution in [2.45, 2.75) is 70.0 Å². The van der Waals surface area contributed by atoms with Crippen molar-refractivity contribution in [2.75, 3.05) is 13.1 Å². The van der Waals surface area contributed by atoms with E-state index in [0.717, 1.165) is 12.3 Å². The second-order valence-electron chi connectivity index (χ2n) is 6.65. The third kappa shape index (κ3) is 2.66. The summed E-state index contributed by atoms with van der Waals surface area (Å²) >= 11 is 0. The first-order valence-electron chi connectivity index (χ1n) is 8.28. The predicted molar refractivity (Wildman–Crippen MR) is 81.7 cm³/mol. The van der Waals surface area contributed by atoms with Crippen molar-refractivity contribution in [3.63, 3.8) is 0 Å². The van der Waals surface area contributed by atoms with Crippen molar-refractivity contribution < 1.29 is 4.42 Å². The Morgan fingerprint density at radius 2 is 2.20 bits per heavy atom. The van der Waals surface area contributed by atoms with Crippen LogP contribution in [0.15, 0.2) is 22.8 Å². The van der Waals surface area contributed by atoms with Crippen LogP contribution in [0.5, 0.6) is 0 Å². The van der Waals surface area contributed by atoms with E-state index in [9.17, 15) is 0 Å². The van der Waals surface area contributed by atoms with E-state index in [4.69, 9.17) is 4.42 Å². The molecule has 2 unspecified atom stereocenters. The molecule has 1 aliphatic heterocycles. The van der Waals surface area contributed by atoms with Crippen molar-refractivity contribution >= 4 is 0 Å². The number of nitrogens with zero attached hydrogens (tertiary/aromatic N) is 1. The largest absolute Gasteiger partial charge is 0.468 e. The second-order valence-corrected chi connectivity index (χ2v) is 6.65. The average molecular weight is 276 g/mol. The molecule has 1 saturated heterocycles. The molecule has 2 aliphatic rings. The summed E-state index contributed by atoms with van der Waals surface area (Å²) in [5, 5.41) is 3.89. The Balaban J connectivity index is 1.77. The Hall–Kier alpha value is -0.800. The molecule has 0 amide bonds. The van der Waals surface area contributed by atoms with Crippen LogP contribution in [0.2, 0.25) is 0 Å². The summed E-state index contributed by atoms with van der Waals surface area (Å²) in [5.74, 6) is 1.11. The van der Waals surface area contributed by atoms with Crippen LogP contribution in [0.25, 0.3) is 0 Å². The van der Waals surface area contributed by atoms with Crippen LogP contribution in [0.4, 0.5) is 0 Å². The molecule has 3 rings (SSSR count). The standard InChI is InChI=1S/C17H28N2O/c1-3-15-12-18-17(9-5-4-6-10-17)13-19(15)14(2)16-8-7-11-20-16/h7-8,11,14-15,18H,3-6,9-10,12-13H2,1-2H3. The van der Waals surface area contributed by atoms with E-state index in [0.29, 0.717) is 17.6 Å². The van der Waals surface area contributed by atoms with Gasteiger partial charge in [0.25, 0.3) is 0 Å². The van der Waals surface area contributed by atoms with Gasteiger partial charge in [0.05, 0.1) is 12.3 Å². The Labute approximate surface area is 122 Å². The normalized spacial score (nSPS) is 28.6. The summed E-state index contributed by atoms with van der Waals surface area (Å²) < 4.78 is 5.66. The maximum atomic E-state index is 5.66. The van der Waals surface area contributed by atoms with Gasteiger partial charge in [0.2, 0.25) is 0 Å². The fourth-order valence-electron chi connectivity index (χ4n) is 4.07. The third-order valence-corrected chi connectivity index (χ3v) is 5.40. The lowest BCUT2D eigenvalue weighted by Crippen LogP contribution is -2.64. The summed E-state index contributed by atoms with van der Waals surface area (Å²) in [7, 11) is 0. The molecule has 1 aliphatic carbocycles. The fraction of sp³-hybridized carbons (Fsp3) is 0.765. The molecule has 2 fully saturated rings. The highest BCUT2D eigenvalue weighted by Crippen LogP contribution is 2.36. The molecule has 1 saturated carbocycles. The second kappa shape index (κ2) is 5.90. The Bertz CT molecular complexity index is 409. The number of furan rings is 1. The molecule has 2 atom stereocenters. The molecule has 1 N–H and O–H groups in total. The molecule has 112 valence electrons. The SMILES string of the molecule is CCC1CNC2(CCCCC2)CN1C(C)c1ccco1. The first-order chi connectivity index (χ1) is 9.74. The van der Waals surface area contributed by atoms with Crippen molar-refractivity contribution in [2.24, 2.45) is 0 Å². The first kappa shape index (κ1) is 14.2. The molecular formula is C17H28N2O. The van der Waals surface area contributed by atoms with Gasteiger partial charge in [-0.15, -0.1) is 0 Å². The molecule has 0 radical (unpaired) electrons. The van der Waals surface area contributed by atoms with E-state index in [-0.39, 0.29) is 0 Å². The number of hydrogen-bond donors (Lipinski definition) is 1. The monoisotopic (exact) mass is 276 g/mol. The first-order valence-corrected chi connectivity index (χ1v) is 8.28. The summed E-state index contributed by atoms with van der Waals surface area (Å²) in [6, 6.07) is 5.14. The van der Waals surface area contributed by atoms with Gasteiger partial charge in [0.15, 0.2) is 0 Å². The van der Waals surface area contributed by atoms with Crippen molar-refractivity contribution in [3.05, 3.63) is 24.2 Å². The van der Waals surface area contributed by atoms with Crippen LogP contribution in [0, 0.1) is 0 Å². The Morgan fingerprint density at radius 1 is 1.40 bits per heavy atom. The molecule has 3 nitrogen and oxygen atoms in total. The molecule has 2 heterocycles. The number of piperazine rings is 1. The van der Waals surface area contributed by atoms with E-state index in [1.165, 1.54) is 45.1 Å². The van der Waals surface area contributed by atoms with Crippen molar-refractivity contribution in [1.82, 2.24) is 10.2 Å². The van der Waals surface area contributed by atoms with E-state index in [1.807, 2.05) is 6.07 Å². The van der Waals surface area contributed by atoms with Crippen LogP contribution < -0.4 is 5.32 Å². The summed E-state index contributed by atoms with van der Waals surface area (Å²) in [6.07, 6.45) is 9.85. The van der Waals surface area contributed by atoms with Gasteiger partial charge < -0.3 is 9.73 Å². The zero-order chi connectivity index (χ0) is 14.0. The molecule has 1 spiro atoms. The van der Waals surface area contributed by atoms with Gasteiger partial charge >= 0.3 is 0 Å². The summed E-state index contributed by atoms with van der Waals surface area (Å²) in [6.45, 7) is 6.89. The quantitative estimate of drug-likeness (QED) is 0.912. The molecular weight excluding hydrogens is 248 g/mol. The molecule has 1 aromatic rings. The smallest absolute Gasteiger partial charge is 0.120 e. The maximum Gasteiger partial charge on any atom is 0.120 e. The molecule has 0 aromatic carbocycles. The van der Waals surface area contributed by atoms with Gasteiger partial charge in [0.1, 0.15) is 5.76 Å². The van der Waals surface area contributed by atoms with E-state index >= 15 is 0 Å². The van der Waals surface area contributed by atoms with Gasteiger partial charge in [-0.3, -0.25) is 4.90 Å². The van der Waals surface area contributed by atoms with Gasteiger partial charge in [-0.2, -0.15) is 0 Å². The van der Waals surface area contributed by atoms with Crippen LogP contribution in [0.3, 0.4) is 0 Å². The zero-order valence-electron chi connectivity index (χ0n) is 12.9.